The molecule has 0 saturated carbocycles. The van der Waals surface area contributed by atoms with E-state index in [1.807, 2.05) is 25.7 Å². The molecule has 0 aromatic carbocycles. The average molecular weight is 291 g/mol. The van der Waals surface area contributed by atoms with Crippen molar-refractivity contribution in [2.75, 3.05) is 13.1 Å². The first kappa shape index (κ1) is 16.1. The van der Waals surface area contributed by atoms with Gasteiger partial charge in [-0.25, -0.2) is 4.79 Å². The third kappa shape index (κ3) is 5.22. The van der Waals surface area contributed by atoms with Gasteiger partial charge in [0.15, 0.2) is 0 Å². The van der Waals surface area contributed by atoms with E-state index in [4.69, 9.17) is 4.74 Å². The molecule has 3 heteroatoms. The van der Waals surface area contributed by atoms with Crippen LogP contribution in [0.25, 0.3) is 0 Å². The molecule has 0 N–H and O–H groups in total. The van der Waals surface area contributed by atoms with Crippen LogP contribution in [-0.4, -0.2) is 29.7 Å². The maximum Gasteiger partial charge on any atom is 0.410 e. The van der Waals surface area contributed by atoms with Gasteiger partial charge in [0.25, 0.3) is 0 Å². The van der Waals surface area contributed by atoms with Gasteiger partial charge in [0, 0.05) is 13.1 Å². The van der Waals surface area contributed by atoms with Gasteiger partial charge in [0.05, 0.1) is 0 Å². The van der Waals surface area contributed by atoms with Crippen LogP contribution in [0.2, 0.25) is 0 Å². The van der Waals surface area contributed by atoms with Gasteiger partial charge in [0.1, 0.15) is 5.60 Å². The minimum atomic E-state index is -0.419. The van der Waals surface area contributed by atoms with Crippen LogP contribution < -0.4 is 0 Å². The van der Waals surface area contributed by atoms with E-state index < -0.39 is 5.60 Å². The minimum Gasteiger partial charge on any atom is -0.444 e. The van der Waals surface area contributed by atoms with Crippen LogP contribution in [0, 0.1) is 0 Å². The third-order valence-electron chi connectivity index (χ3n) is 4.01. The molecule has 0 unspecified atom stereocenters. The monoisotopic (exact) mass is 291 g/mol. The molecule has 118 valence electrons. The number of ether oxygens (including phenoxy) is 1. The lowest BCUT2D eigenvalue weighted by Crippen LogP contribution is -2.40. The van der Waals surface area contributed by atoms with Crippen molar-refractivity contribution < 1.29 is 9.53 Å². The Morgan fingerprint density at radius 2 is 1.76 bits per heavy atom. The smallest absolute Gasteiger partial charge is 0.410 e. The maximum atomic E-state index is 12.2. The Labute approximate surface area is 129 Å². The van der Waals surface area contributed by atoms with Crippen LogP contribution in [0.15, 0.2) is 23.3 Å². The van der Waals surface area contributed by atoms with Crippen LogP contribution in [0.5, 0.6) is 0 Å². The van der Waals surface area contributed by atoms with E-state index >= 15 is 0 Å². The number of hydrogen-bond donors (Lipinski definition) is 0. The van der Waals surface area contributed by atoms with Crippen molar-refractivity contribution >= 4 is 6.09 Å². The molecular weight excluding hydrogens is 262 g/mol. The lowest BCUT2D eigenvalue weighted by Gasteiger charge is -2.31. The Hall–Kier alpha value is -1.25. The SMILES string of the molecule is CC(C)(C)OC(=O)N1CCC=C(/C2=C/CCCCCC2)C1. The number of hydrogen-bond acceptors (Lipinski definition) is 2. The molecule has 1 heterocycles. The molecule has 0 spiro atoms. The minimum absolute atomic E-state index is 0.181. The largest absolute Gasteiger partial charge is 0.444 e. The molecule has 0 saturated heterocycles. The Morgan fingerprint density at radius 3 is 2.52 bits per heavy atom. The lowest BCUT2D eigenvalue weighted by molar-refractivity contribution is 0.0263. The summed E-state index contributed by atoms with van der Waals surface area (Å²) in [5.74, 6) is 0. The van der Waals surface area contributed by atoms with Gasteiger partial charge in [-0.1, -0.05) is 25.0 Å². The average Bonchev–Trinajstić information content (AvgIpc) is 2.36. The van der Waals surface area contributed by atoms with Crippen molar-refractivity contribution in [1.29, 1.82) is 0 Å². The molecule has 2 rings (SSSR count). The number of amides is 1. The standard InChI is InChI=1S/C18H29NO2/c1-18(2,3)21-17(20)19-13-9-12-16(14-19)15-10-7-5-4-6-8-11-15/h10,12H,4-9,11,13-14H2,1-3H3/b15-10+. The molecule has 3 nitrogen and oxygen atoms in total. The molecule has 0 atom stereocenters. The number of carbonyl (C=O) groups is 1. The Morgan fingerprint density at radius 1 is 1.05 bits per heavy atom. The zero-order valence-corrected chi connectivity index (χ0v) is 13.8. The molecular formula is C18H29NO2. The topological polar surface area (TPSA) is 29.5 Å². The molecule has 0 fully saturated rings. The zero-order chi connectivity index (χ0) is 15.3. The van der Waals surface area contributed by atoms with Gasteiger partial charge in [-0.15, -0.1) is 0 Å². The van der Waals surface area contributed by atoms with Gasteiger partial charge >= 0.3 is 6.09 Å². The van der Waals surface area contributed by atoms with E-state index in [-0.39, 0.29) is 6.09 Å². The fourth-order valence-electron chi connectivity index (χ4n) is 2.94. The quantitative estimate of drug-likeness (QED) is 0.692. The first-order chi connectivity index (χ1) is 9.96. The summed E-state index contributed by atoms with van der Waals surface area (Å²) in [5, 5.41) is 0. The predicted molar refractivity (Wildman–Crippen MR) is 86.3 cm³/mol. The van der Waals surface area contributed by atoms with Crippen molar-refractivity contribution in [1.82, 2.24) is 4.90 Å². The molecule has 0 aromatic heterocycles. The van der Waals surface area contributed by atoms with Crippen LogP contribution in [-0.2, 0) is 4.74 Å². The van der Waals surface area contributed by atoms with Gasteiger partial charge in [-0.2, -0.15) is 0 Å². The predicted octanol–water partition coefficient (Wildman–Crippen LogP) is 4.83. The van der Waals surface area contributed by atoms with E-state index in [1.165, 1.54) is 43.3 Å². The summed E-state index contributed by atoms with van der Waals surface area (Å²) in [4.78, 5) is 14.1. The van der Waals surface area contributed by atoms with Crippen molar-refractivity contribution in [2.45, 2.75) is 71.3 Å². The number of allylic oxidation sites excluding steroid dienone is 1. The second-order valence-electron chi connectivity index (χ2n) is 7.10. The molecule has 1 aliphatic carbocycles. The van der Waals surface area contributed by atoms with E-state index in [9.17, 15) is 4.79 Å². The van der Waals surface area contributed by atoms with Gasteiger partial charge in [-0.05, 0) is 64.0 Å². The molecule has 2 aliphatic rings. The first-order valence-corrected chi connectivity index (χ1v) is 8.32. The summed E-state index contributed by atoms with van der Waals surface area (Å²) in [7, 11) is 0. The highest BCUT2D eigenvalue weighted by atomic mass is 16.6. The van der Waals surface area contributed by atoms with Crippen molar-refractivity contribution in [3.8, 4) is 0 Å². The molecule has 0 bridgehead atoms. The third-order valence-corrected chi connectivity index (χ3v) is 4.01. The van der Waals surface area contributed by atoms with Crippen LogP contribution in [0.3, 0.4) is 0 Å². The van der Waals surface area contributed by atoms with Crippen LogP contribution in [0.4, 0.5) is 4.79 Å². The summed E-state index contributed by atoms with van der Waals surface area (Å²) >= 11 is 0. The van der Waals surface area contributed by atoms with E-state index in [0.717, 1.165) is 19.4 Å². The number of nitrogens with zero attached hydrogens (tertiary/aromatic N) is 1. The summed E-state index contributed by atoms with van der Waals surface area (Å²) in [5.41, 5.74) is 2.38. The Kier molecular flexibility index (Phi) is 5.49. The van der Waals surface area contributed by atoms with Crippen LogP contribution in [0.1, 0.15) is 65.7 Å². The lowest BCUT2D eigenvalue weighted by atomic mass is 9.92. The summed E-state index contributed by atoms with van der Waals surface area (Å²) in [6, 6.07) is 0. The molecule has 0 aromatic rings. The normalized spacial score (nSPS) is 23.5. The molecule has 0 radical (unpaired) electrons. The fraction of sp³-hybridized carbons (Fsp3) is 0.722. The highest BCUT2D eigenvalue weighted by molar-refractivity contribution is 5.69. The summed E-state index contributed by atoms with van der Waals surface area (Å²) in [6.45, 7) is 7.24. The van der Waals surface area contributed by atoms with E-state index in [2.05, 4.69) is 12.2 Å². The van der Waals surface area contributed by atoms with Gasteiger partial charge in [-0.3, -0.25) is 0 Å². The first-order valence-electron chi connectivity index (χ1n) is 8.32. The van der Waals surface area contributed by atoms with E-state index in [1.54, 1.807) is 0 Å². The maximum absolute atomic E-state index is 12.2. The van der Waals surface area contributed by atoms with Crippen LogP contribution >= 0.6 is 0 Å². The van der Waals surface area contributed by atoms with Crippen molar-refractivity contribution in [3.63, 3.8) is 0 Å². The Balaban J connectivity index is 1.99. The second-order valence-corrected chi connectivity index (χ2v) is 7.10. The highest BCUT2D eigenvalue weighted by Gasteiger charge is 2.25. The summed E-state index contributed by atoms with van der Waals surface area (Å²) < 4.78 is 5.50. The number of carbonyl (C=O) groups excluding carboxylic acids is 1. The van der Waals surface area contributed by atoms with Gasteiger partial charge < -0.3 is 9.64 Å². The highest BCUT2D eigenvalue weighted by Crippen LogP contribution is 2.26. The second kappa shape index (κ2) is 7.15. The summed E-state index contributed by atoms with van der Waals surface area (Å²) in [6.07, 6.45) is 13.1. The number of rotatable bonds is 1. The fourth-order valence-corrected chi connectivity index (χ4v) is 2.94. The molecule has 21 heavy (non-hydrogen) atoms. The van der Waals surface area contributed by atoms with Crippen molar-refractivity contribution in [2.24, 2.45) is 0 Å². The van der Waals surface area contributed by atoms with E-state index in [0.29, 0.717) is 6.54 Å². The van der Waals surface area contributed by atoms with Crippen molar-refractivity contribution in [3.05, 3.63) is 23.3 Å². The molecule has 1 amide bonds. The van der Waals surface area contributed by atoms with Gasteiger partial charge in [0.2, 0.25) is 0 Å². The zero-order valence-electron chi connectivity index (χ0n) is 13.8. The molecule has 1 aliphatic heterocycles. The Bertz CT molecular complexity index is 429.